The third-order valence-electron chi connectivity index (χ3n) is 2.67. The normalized spacial score (nSPS) is 41.2. The second kappa shape index (κ2) is 3.40. The van der Waals surface area contributed by atoms with Gasteiger partial charge in [0.2, 0.25) is 0 Å². The Hall–Kier alpha value is -0.630. The Morgan fingerprint density at radius 1 is 1.67 bits per heavy atom. The molecule has 3 unspecified atom stereocenters. The Morgan fingerprint density at radius 3 is 2.67 bits per heavy atom. The third-order valence-corrected chi connectivity index (χ3v) is 2.67. The van der Waals surface area contributed by atoms with E-state index in [1.807, 2.05) is 13.8 Å². The molecule has 3 atom stereocenters. The van der Waals surface area contributed by atoms with E-state index in [0.717, 1.165) is 19.1 Å². The highest BCUT2D eigenvalue weighted by Crippen LogP contribution is 2.39. The molecule has 0 radical (unpaired) electrons. The molecule has 0 aromatic heterocycles. The van der Waals surface area contributed by atoms with Gasteiger partial charge >= 0.3 is 0 Å². The van der Waals surface area contributed by atoms with Crippen LogP contribution in [0, 0.1) is 5.41 Å². The minimum atomic E-state index is -0.304. The van der Waals surface area contributed by atoms with Gasteiger partial charge in [0.05, 0.1) is 17.6 Å². The molecule has 0 aromatic carbocycles. The van der Waals surface area contributed by atoms with E-state index in [1.54, 1.807) is 6.08 Å². The van der Waals surface area contributed by atoms with Crippen molar-refractivity contribution in [3.63, 3.8) is 0 Å². The van der Waals surface area contributed by atoms with Crippen molar-refractivity contribution in [2.45, 2.75) is 38.9 Å². The van der Waals surface area contributed by atoms with E-state index < -0.39 is 0 Å². The van der Waals surface area contributed by atoms with Gasteiger partial charge in [-0.2, -0.15) is 0 Å². The van der Waals surface area contributed by atoms with Crippen molar-refractivity contribution in [1.29, 1.82) is 0 Å². The van der Waals surface area contributed by atoms with Crippen molar-refractivity contribution in [2.75, 3.05) is 0 Å². The summed E-state index contributed by atoms with van der Waals surface area (Å²) >= 11 is 0. The van der Waals surface area contributed by atoms with Crippen molar-refractivity contribution in [3.8, 4) is 0 Å². The van der Waals surface area contributed by atoms with Crippen LogP contribution in [0.1, 0.15) is 26.7 Å². The smallest absolute Gasteiger partial charge is 0.129 e. The molecule has 1 rings (SSSR count). The van der Waals surface area contributed by atoms with Crippen LogP contribution in [-0.2, 0) is 9.53 Å². The number of carbonyl (C=O) groups is 1. The summed E-state index contributed by atoms with van der Waals surface area (Å²) in [7, 11) is 0. The Balaban J connectivity index is 2.77. The summed E-state index contributed by atoms with van der Waals surface area (Å²) < 4.78 is 5.54. The second-order valence-corrected chi connectivity index (χ2v) is 3.64. The quantitative estimate of drug-likeness (QED) is 0.475. The molecule has 1 saturated heterocycles. The molecule has 0 amide bonds. The molecule has 0 aromatic rings. The zero-order valence-corrected chi connectivity index (χ0v) is 7.75. The van der Waals surface area contributed by atoms with Crippen LogP contribution in [-0.4, -0.2) is 18.5 Å². The molecule has 0 saturated carbocycles. The Morgan fingerprint density at radius 2 is 2.33 bits per heavy atom. The first-order chi connectivity index (χ1) is 5.64. The van der Waals surface area contributed by atoms with Gasteiger partial charge in [-0.1, -0.05) is 6.08 Å². The molecular formula is C10H16O2. The summed E-state index contributed by atoms with van der Waals surface area (Å²) in [6, 6.07) is 0. The lowest BCUT2D eigenvalue weighted by Gasteiger charge is -2.23. The molecule has 1 heterocycles. The molecule has 1 aliphatic rings. The summed E-state index contributed by atoms with van der Waals surface area (Å²) in [6.07, 6.45) is 4.61. The molecule has 1 aliphatic heterocycles. The minimum absolute atomic E-state index is 0.0306. The summed E-state index contributed by atoms with van der Waals surface area (Å²) in [5, 5.41) is 0. The average molecular weight is 168 g/mol. The van der Waals surface area contributed by atoms with Gasteiger partial charge in [0.25, 0.3) is 0 Å². The fraction of sp³-hybridized carbons (Fsp3) is 0.700. The largest absolute Gasteiger partial charge is 0.374 e. The van der Waals surface area contributed by atoms with Crippen LogP contribution in [0.25, 0.3) is 0 Å². The SMILES string of the molecule is C=CCC1(C=O)CC(C)OC1C. The maximum absolute atomic E-state index is 10.9. The van der Waals surface area contributed by atoms with Crippen LogP contribution in [0.4, 0.5) is 0 Å². The van der Waals surface area contributed by atoms with Gasteiger partial charge in [-0.25, -0.2) is 0 Å². The molecule has 0 bridgehead atoms. The first kappa shape index (κ1) is 9.46. The number of rotatable bonds is 3. The van der Waals surface area contributed by atoms with Crippen LogP contribution in [0.2, 0.25) is 0 Å². The summed E-state index contributed by atoms with van der Waals surface area (Å²) in [5.74, 6) is 0. The molecule has 2 heteroatoms. The van der Waals surface area contributed by atoms with Crippen molar-refractivity contribution in [2.24, 2.45) is 5.41 Å². The fourth-order valence-electron chi connectivity index (χ4n) is 1.94. The zero-order valence-electron chi connectivity index (χ0n) is 7.75. The molecule has 68 valence electrons. The van der Waals surface area contributed by atoms with Gasteiger partial charge in [0, 0.05) is 0 Å². The summed E-state index contributed by atoms with van der Waals surface area (Å²) in [4.78, 5) is 10.9. The van der Waals surface area contributed by atoms with E-state index in [-0.39, 0.29) is 17.6 Å². The fourth-order valence-corrected chi connectivity index (χ4v) is 1.94. The molecule has 1 fully saturated rings. The number of carbonyl (C=O) groups excluding carboxylic acids is 1. The lowest BCUT2D eigenvalue weighted by Crippen LogP contribution is -2.29. The standard InChI is InChI=1S/C10H16O2/c1-4-5-10(7-11)6-8(2)12-9(10)3/h4,7-9H,1,5-6H2,2-3H3. The van der Waals surface area contributed by atoms with E-state index in [9.17, 15) is 4.79 Å². The predicted molar refractivity (Wildman–Crippen MR) is 47.9 cm³/mol. The van der Waals surface area contributed by atoms with E-state index in [2.05, 4.69) is 6.58 Å². The molecule has 12 heavy (non-hydrogen) atoms. The maximum atomic E-state index is 10.9. The van der Waals surface area contributed by atoms with Crippen molar-refractivity contribution in [3.05, 3.63) is 12.7 Å². The van der Waals surface area contributed by atoms with Crippen LogP contribution < -0.4 is 0 Å². The predicted octanol–water partition coefficient (Wildman–Crippen LogP) is 1.95. The van der Waals surface area contributed by atoms with Gasteiger partial charge in [0.1, 0.15) is 6.29 Å². The zero-order chi connectivity index (χ0) is 9.19. The number of allylic oxidation sites excluding steroid dienone is 1. The minimum Gasteiger partial charge on any atom is -0.374 e. The Kier molecular flexibility index (Phi) is 2.68. The maximum Gasteiger partial charge on any atom is 0.129 e. The molecule has 0 aliphatic carbocycles. The lowest BCUT2D eigenvalue weighted by molar-refractivity contribution is -0.118. The van der Waals surface area contributed by atoms with E-state index in [0.29, 0.717) is 0 Å². The van der Waals surface area contributed by atoms with Gasteiger partial charge in [-0.3, -0.25) is 0 Å². The van der Waals surface area contributed by atoms with E-state index >= 15 is 0 Å². The van der Waals surface area contributed by atoms with E-state index in [4.69, 9.17) is 4.74 Å². The van der Waals surface area contributed by atoms with Gasteiger partial charge in [0.15, 0.2) is 0 Å². The Bertz CT molecular complexity index is 188. The highest BCUT2D eigenvalue weighted by atomic mass is 16.5. The number of aldehydes is 1. The van der Waals surface area contributed by atoms with Crippen molar-refractivity contribution < 1.29 is 9.53 Å². The number of hydrogen-bond donors (Lipinski definition) is 0. The van der Waals surface area contributed by atoms with Crippen LogP contribution >= 0.6 is 0 Å². The average Bonchev–Trinajstić information content (AvgIpc) is 2.28. The van der Waals surface area contributed by atoms with Crippen molar-refractivity contribution >= 4 is 6.29 Å². The first-order valence-corrected chi connectivity index (χ1v) is 4.37. The lowest BCUT2D eigenvalue weighted by atomic mass is 9.79. The third kappa shape index (κ3) is 1.44. The number of hydrogen-bond acceptors (Lipinski definition) is 2. The first-order valence-electron chi connectivity index (χ1n) is 4.37. The van der Waals surface area contributed by atoms with Gasteiger partial charge in [-0.15, -0.1) is 6.58 Å². The highest BCUT2D eigenvalue weighted by Gasteiger charge is 2.43. The molecular weight excluding hydrogens is 152 g/mol. The highest BCUT2D eigenvalue weighted by molar-refractivity contribution is 5.61. The van der Waals surface area contributed by atoms with Crippen LogP contribution in [0.15, 0.2) is 12.7 Å². The summed E-state index contributed by atoms with van der Waals surface area (Å²) in [5.41, 5.74) is -0.304. The number of ether oxygens (including phenoxy) is 1. The topological polar surface area (TPSA) is 26.3 Å². The van der Waals surface area contributed by atoms with Crippen LogP contribution in [0.5, 0.6) is 0 Å². The monoisotopic (exact) mass is 168 g/mol. The molecule has 0 N–H and O–H groups in total. The van der Waals surface area contributed by atoms with E-state index in [1.165, 1.54) is 0 Å². The van der Waals surface area contributed by atoms with Gasteiger partial charge < -0.3 is 9.53 Å². The molecule has 0 spiro atoms. The van der Waals surface area contributed by atoms with Crippen LogP contribution in [0.3, 0.4) is 0 Å². The molecule has 2 nitrogen and oxygen atoms in total. The Labute approximate surface area is 73.6 Å². The second-order valence-electron chi connectivity index (χ2n) is 3.64. The van der Waals surface area contributed by atoms with Crippen molar-refractivity contribution in [1.82, 2.24) is 0 Å². The summed E-state index contributed by atoms with van der Waals surface area (Å²) in [6.45, 7) is 7.63. The van der Waals surface area contributed by atoms with Gasteiger partial charge in [-0.05, 0) is 26.7 Å².